The largest absolute Gasteiger partial charge is 0.380 e. The normalized spacial score (nSPS) is 12.5. The van der Waals surface area contributed by atoms with Crippen molar-refractivity contribution in [2.75, 3.05) is 46.9 Å². The van der Waals surface area contributed by atoms with Crippen LogP contribution in [-0.2, 0) is 14.9 Å². The number of nitrogens with one attached hydrogen (secondary N) is 2. The monoisotopic (exact) mass is 295 g/mol. The van der Waals surface area contributed by atoms with Gasteiger partial charge < -0.3 is 10.1 Å². The summed E-state index contributed by atoms with van der Waals surface area (Å²) in [5.41, 5.74) is 0. The minimum absolute atomic E-state index is 0.316. The third-order valence-electron chi connectivity index (χ3n) is 2.68. The highest BCUT2D eigenvalue weighted by Crippen LogP contribution is 1.99. The smallest absolute Gasteiger partial charge is 0.279 e. The van der Waals surface area contributed by atoms with Gasteiger partial charge in [0, 0.05) is 26.7 Å². The predicted molar refractivity (Wildman–Crippen MR) is 78.4 cm³/mol. The first-order chi connectivity index (χ1) is 8.90. The molecule has 0 amide bonds. The van der Waals surface area contributed by atoms with E-state index < -0.39 is 10.2 Å². The highest BCUT2D eigenvalue weighted by Gasteiger charge is 2.15. The van der Waals surface area contributed by atoms with Crippen molar-refractivity contribution in [2.24, 2.45) is 5.92 Å². The lowest BCUT2D eigenvalue weighted by Crippen LogP contribution is -2.40. The van der Waals surface area contributed by atoms with Crippen LogP contribution in [0.1, 0.15) is 26.7 Å². The van der Waals surface area contributed by atoms with Gasteiger partial charge in [-0.25, -0.2) is 0 Å². The molecular formula is C12H29N3O3S. The maximum Gasteiger partial charge on any atom is 0.279 e. The van der Waals surface area contributed by atoms with Gasteiger partial charge in [0.15, 0.2) is 0 Å². The Bertz CT molecular complexity index is 307. The summed E-state index contributed by atoms with van der Waals surface area (Å²) in [6.45, 7) is 6.98. The average molecular weight is 295 g/mol. The first kappa shape index (κ1) is 18.8. The fourth-order valence-electron chi connectivity index (χ4n) is 1.37. The van der Waals surface area contributed by atoms with E-state index in [0.29, 0.717) is 32.2 Å². The van der Waals surface area contributed by atoms with Crippen LogP contribution in [-0.4, -0.2) is 59.7 Å². The Morgan fingerprint density at radius 1 is 1.21 bits per heavy atom. The molecule has 0 aromatic carbocycles. The number of rotatable bonds is 12. The molecule has 0 aliphatic heterocycles. The van der Waals surface area contributed by atoms with Crippen molar-refractivity contribution in [3.8, 4) is 0 Å². The van der Waals surface area contributed by atoms with E-state index in [9.17, 15) is 8.42 Å². The van der Waals surface area contributed by atoms with E-state index in [4.69, 9.17) is 4.74 Å². The predicted octanol–water partition coefficient (Wildman–Crippen LogP) is 0.425. The van der Waals surface area contributed by atoms with Gasteiger partial charge in [0.2, 0.25) is 0 Å². The van der Waals surface area contributed by atoms with Crippen LogP contribution in [0, 0.1) is 5.92 Å². The molecule has 0 radical (unpaired) electrons. The summed E-state index contributed by atoms with van der Waals surface area (Å²) in [5.74, 6) is 0.606. The highest BCUT2D eigenvalue weighted by atomic mass is 32.2. The first-order valence-electron chi connectivity index (χ1n) is 6.83. The standard InChI is InChI=1S/C12H29N3O3S/c1-12(2)6-10-18-11-8-14-19(16,17)15(4)9-5-7-13-3/h12-14H,5-11H2,1-4H3. The summed E-state index contributed by atoms with van der Waals surface area (Å²) in [5, 5.41) is 2.99. The third kappa shape index (κ3) is 10.3. The zero-order valence-corrected chi connectivity index (χ0v) is 13.4. The van der Waals surface area contributed by atoms with Gasteiger partial charge in [-0.3, -0.25) is 0 Å². The maximum atomic E-state index is 11.8. The third-order valence-corrected chi connectivity index (χ3v) is 4.25. The summed E-state index contributed by atoms with van der Waals surface area (Å²) >= 11 is 0. The number of hydrogen-bond donors (Lipinski definition) is 2. The molecule has 0 heterocycles. The van der Waals surface area contributed by atoms with Gasteiger partial charge >= 0.3 is 0 Å². The molecule has 0 aromatic rings. The molecule has 0 rings (SSSR count). The van der Waals surface area contributed by atoms with Crippen LogP contribution in [0.25, 0.3) is 0 Å². The zero-order valence-electron chi connectivity index (χ0n) is 12.6. The summed E-state index contributed by atoms with van der Waals surface area (Å²) < 4.78 is 32.8. The lowest BCUT2D eigenvalue weighted by molar-refractivity contribution is 0.128. The Kier molecular flexibility index (Phi) is 10.4. The molecule has 0 aliphatic carbocycles. The van der Waals surface area contributed by atoms with Gasteiger partial charge in [-0.1, -0.05) is 13.8 Å². The quantitative estimate of drug-likeness (QED) is 0.512. The van der Waals surface area contributed by atoms with Gasteiger partial charge in [0.1, 0.15) is 0 Å². The molecule has 0 saturated heterocycles. The van der Waals surface area contributed by atoms with E-state index in [0.717, 1.165) is 19.4 Å². The Hall–Kier alpha value is -0.210. The first-order valence-corrected chi connectivity index (χ1v) is 8.27. The molecular weight excluding hydrogens is 266 g/mol. The molecule has 19 heavy (non-hydrogen) atoms. The lowest BCUT2D eigenvalue weighted by Gasteiger charge is -2.17. The summed E-state index contributed by atoms with van der Waals surface area (Å²) in [6.07, 6.45) is 1.79. The van der Waals surface area contributed by atoms with Crippen LogP contribution in [0.4, 0.5) is 0 Å². The molecule has 0 unspecified atom stereocenters. The minimum atomic E-state index is -3.37. The maximum absolute atomic E-state index is 11.8. The molecule has 0 saturated carbocycles. The van der Waals surface area contributed by atoms with E-state index in [1.165, 1.54) is 4.31 Å². The molecule has 0 bridgehead atoms. The van der Waals surface area contributed by atoms with Crippen molar-refractivity contribution in [2.45, 2.75) is 26.7 Å². The Morgan fingerprint density at radius 2 is 1.89 bits per heavy atom. The molecule has 2 N–H and O–H groups in total. The topological polar surface area (TPSA) is 70.7 Å². The van der Waals surface area contributed by atoms with Crippen molar-refractivity contribution in [1.82, 2.24) is 14.3 Å². The molecule has 6 nitrogen and oxygen atoms in total. The number of nitrogens with zero attached hydrogens (tertiary/aromatic N) is 1. The van der Waals surface area contributed by atoms with Crippen molar-refractivity contribution >= 4 is 10.2 Å². The average Bonchev–Trinajstić information content (AvgIpc) is 2.33. The highest BCUT2D eigenvalue weighted by molar-refractivity contribution is 7.87. The molecule has 0 atom stereocenters. The Balaban J connectivity index is 3.72. The van der Waals surface area contributed by atoms with Crippen LogP contribution in [0.3, 0.4) is 0 Å². The van der Waals surface area contributed by atoms with Gasteiger partial charge in [0.05, 0.1) is 6.61 Å². The van der Waals surface area contributed by atoms with Crippen LogP contribution < -0.4 is 10.0 Å². The number of ether oxygens (including phenoxy) is 1. The van der Waals surface area contributed by atoms with Crippen LogP contribution in [0.5, 0.6) is 0 Å². The molecule has 7 heteroatoms. The summed E-state index contributed by atoms with van der Waals surface area (Å²) in [7, 11) is 0.0607. The van der Waals surface area contributed by atoms with E-state index in [1.54, 1.807) is 7.05 Å². The van der Waals surface area contributed by atoms with E-state index in [2.05, 4.69) is 23.9 Å². The molecule has 0 aliphatic rings. The van der Waals surface area contributed by atoms with Gasteiger partial charge in [0.25, 0.3) is 10.2 Å². The van der Waals surface area contributed by atoms with Crippen LogP contribution in [0.15, 0.2) is 0 Å². The van der Waals surface area contributed by atoms with Crippen LogP contribution in [0.2, 0.25) is 0 Å². The minimum Gasteiger partial charge on any atom is -0.380 e. The molecule has 0 aromatic heterocycles. The molecule has 0 spiro atoms. The van der Waals surface area contributed by atoms with E-state index in [1.807, 2.05) is 7.05 Å². The van der Waals surface area contributed by atoms with Crippen molar-refractivity contribution in [1.29, 1.82) is 0 Å². The summed E-state index contributed by atoms with van der Waals surface area (Å²) in [6, 6.07) is 0. The van der Waals surface area contributed by atoms with E-state index >= 15 is 0 Å². The lowest BCUT2D eigenvalue weighted by atomic mass is 10.1. The Morgan fingerprint density at radius 3 is 2.47 bits per heavy atom. The van der Waals surface area contributed by atoms with Crippen LogP contribution >= 0.6 is 0 Å². The fourth-order valence-corrected chi connectivity index (χ4v) is 2.30. The van der Waals surface area contributed by atoms with Crippen molar-refractivity contribution < 1.29 is 13.2 Å². The fraction of sp³-hybridized carbons (Fsp3) is 1.00. The molecule has 0 fully saturated rings. The number of hydrogen-bond acceptors (Lipinski definition) is 4. The van der Waals surface area contributed by atoms with Crippen molar-refractivity contribution in [3.63, 3.8) is 0 Å². The van der Waals surface area contributed by atoms with Gasteiger partial charge in [-0.15, -0.1) is 0 Å². The second-order valence-corrected chi connectivity index (χ2v) is 6.84. The SMILES string of the molecule is CNCCCN(C)S(=O)(=O)NCCOCCC(C)C. The zero-order chi connectivity index (χ0) is 14.7. The second kappa shape index (κ2) is 10.6. The van der Waals surface area contributed by atoms with Gasteiger partial charge in [-0.2, -0.15) is 17.4 Å². The Labute approximate surface area is 118 Å². The summed E-state index contributed by atoms with van der Waals surface area (Å²) in [4.78, 5) is 0. The van der Waals surface area contributed by atoms with Gasteiger partial charge in [-0.05, 0) is 32.4 Å². The second-order valence-electron chi connectivity index (χ2n) is 4.97. The molecule has 116 valence electrons. The van der Waals surface area contributed by atoms with E-state index in [-0.39, 0.29) is 0 Å². The van der Waals surface area contributed by atoms with Crippen molar-refractivity contribution in [3.05, 3.63) is 0 Å².